The maximum Gasteiger partial charge on any atom is 0.249 e. The van der Waals surface area contributed by atoms with Gasteiger partial charge >= 0.3 is 0 Å². The fourth-order valence-corrected chi connectivity index (χ4v) is 1.96. The number of ether oxygens (including phenoxy) is 2. The first-order valence-electron chi connectivity index (χ1n) is 7.12. The Hall–Kier alpha value is -2.57. The lowest BCUT2D eigenvalue weighted by molar-refractivity contribution is -0.116. The normalized spacial score (nSPS) is 10.3. The summed E-state index contributed by atoms with van der Waals surface area (Å²) in [5.74, 6) is 1.99. The van der Waals surface area contributed by atoms with Crippen LogP contribution in [0.2, 0.25) is 0 Å². The van der Waals surface area contributed by atoms with Crippen molar-refractivity contribution < 1.29 is 14.3 Å². The fraction of sp³-hybridized carbons (Fsp3) is 0.400. The number of nitrogens with one attached hydrogen (secondary N) is 2. The number of nitrogens with zero attached hydrogens (tertiary/aromatic N) is 2. The summed E-state index contributed by atoms with van der Waals surface area (Å²) in [6, 6.07) is 5.39. The number of carbonyl (C=O) groups is 1. The van der Waals surface area contributed by atoms with Gasteiger partial charge in [-0.25, -0.2) is 0 Å². The van der Waals surface area contributed by atoms with E-state index in [4.69, 9.17) is 9.47 Å². The van der Waals surface area contributed by atoms with E-state index in [-0.39, 0.29) is 11.9 Å². The van der Waals surface area contributed by atoms with Crippen LogP contribution in [0.3, 0.4) is 0 Å². The van der Waals surface area contributed by atoms with Gasteiger partial charge in [-0.05, 0) is 18.6 Å². The van der Waals surface area contributed by atoms with Crippen LogP contribution in [0.25, 0.3) is 11.4 Å². The average molecular weight is 304 g/mol. The zero-order valence-corrected chi connectivity index (χ0v) is 13.0. The van der Waals surface area contributed by atoms with Gasteiger partial charge in [0.05, 0.1) is 19.8 Å². The summed E-state index contributed by atoms with van der Waals surface area (Å²) in [7, 11) is 3.16. The summed E-state index contributed by atoms with van der Waals surface area (Å²) in [5.41, 5.74) is 0.741. The lowest BCUT2D eigenvalue weighted by Crippen LogP contribution is -2.12. The van der Waals surface area contributed by atoms with Crippen molar-refractivity contribution in [1.82, 2.24) is 15.2 Å². The van der Waals surface area contributed by atoms with Crippen LogP contribution in [0.4, 0.5) is 5.95 Å². The van der Waals surface area contributed by atoms with Crippen molar-refractivity contribution in [2.24, 2.45) is 0 Å². The Morgan fingerprint density at radius 2 is 2.14 bits per heavy atom. The monoisotopic (exact) mass is 304 g/mol. The van der Waals surface area contributed by atoms with Crippen molar-refractivity contribution in [3.05, 3.63) is 18.2 Å². The lowest BCUT2D eigenvalue weighted by atomic mass is 10.2. The number of unbranched alkanes of at least 4 members (excludes halogenated alkanes) is 1. The molecule has 0 atom stereocenters. The molecule has 0 aliphatic rings. The van der Waals surface area contributed by atoms with Crippen molar-refractivity contribution in [3.63, 3.8) is 0 Å². The number of H-pyrrole nitrogens is 1. The molecule has 1 heterocycles. The highest BCUT2D eigenvalue weighted by Gasteiger charge is 2.13. The van der Waals surface area contributed by atoms with E-state index in [0.717, 1.165) is 18.4 Å². The van der Waals surface area contributed by atoms with Gasteiger partial charge in [0.1, 0.15) is 11.5 Å². The molecule has 0 saturated carbocycles. The Morgan fingerprint density at radius 1 is 1.32 bits per heavy atom. The van der Waals surface area contributed by atoms with Gasteiger partial charge in [0.25, 0.3) is 0 Å². The molecule has 0 bridgehead atoms. The van der Waals surface area contributed by atoms with Crippen LogP contribution >= 0.6 is 0 Å². The van der Waals surface area contributed by atoms with Gasteiger partial charge in [-0.2, -0.15) is 4.98 Å². The predicted molar refractivity (Wildman–Crippen MR) is 83.1 cm³/mol. The molecule has 1 aromatic heterocycles. The van der Waals surface area contributed by atoms with E-state index in [2.05, 4.69) is 20.5 Å². The van der Waals surface area contributed by atoms with Gasteiger partial charge in [0, 0.05) is 12.5 Å². The molecule has 0 aliphatic heterocycles. The molecular weight excluding hydrogens is 284 g/mol. The molecule has 0 spiro atoms. The van der Waals surface area contributed by atoms with Gasteiger partial charge in [0.2, 0.25) is 11.9 Å². The Balaban J connectivity index is 2.16. The predicted octanol–water partition coefficient (Wildman–Crippen LogP) is 2.62. The fourth-order valence-electron chi connectivity index (χ4n) is 1.96. The minimum absolute atomic E-state index is 0.0888. The zero-order valence-electron chi connectivity index (χ0n) is 13.0. The Bertz CT molecular complexity index is 639. The van der Waals surface area contributed by atoms with Crippen molar-refractivity contribution in [2.75, 3.05) is 19.5 Å². The van der Waals surface area contributed by atoms with Crippen LogP contribution in [0.5, 0.6) is 11.5 Å². The Morgan fingerprint density at radius 3 is 2.82 bits per heavy atom. The SMILES string of the molecule is CCCCC(=O)Nc1n[nH]c(-c2ccc(OC)cc2OC)n1. The number of rotatable bonds is 7. The van der Waals surface area contributed by atoms with E-state index >= 15 is 0 Å². The van der Waals surface area contributed by atoms with E-state index < -0.39 is 0 Å². The number of amides is 1. The number of benzene rings is 1. The summed E-state index contributed by atoms with van der Waals surface area (Å²) in [6.45, 7) is 2.04. The molecule has 1 aromatic carbocycles. The quantitative estimate of drug-likeness (QED) is 0.820. The maximum absolute atomic E-state index is 11.7. The molecule has 7 nitrogen and oxygen atoms in total. The van der Waals surface area contributed by atoms with Crippen LogP contribution in [0, 0.1) is 0 Å². The van der Waals surface area contributed by atoms with Gasteiger partial charge in [0.15, 0.2) is 5.82 Å². The van der Waals surface area contributed by atoms with Crippen molar-refractivity contribution >= 4 is 11.9 Å². The minimum Gasteiger partial charge on any atom is -0.497 e. The molecule has 0 radical (unpaired) electrons. The second kappa shape index (κ2) is 7.44. The van der Waals surface area contributed by atoms with E-state index in [0.29, 0.717) is 23.7 Å². The third kappa shape index (κ3) is 3.75. The largest absolute Gasteiger partial charge is 0.497 e. The van der Waals surface area contributed by atoms with Crippen LogP contribution in [0.1, 0.15) is 26.2 Å². The summed E-state index contributed by atoms with van der Waals surface area (Å²) < 4.78 is 10.5. The lowest BCUT2D eigenvalue weighted by Gasteiger charge is -2.07. The highest BCUT2D eigenvalue weighted by molar-refractivity contribution is 5.89. The van der Waals surface area contributed by atoms with E-state index in [1.807, 2.05) is 13.0 Å². The summed E-state index contributed by atoms with van der Waals surface area (Å²) >= 11 is 0. The molecular formula is C15H20N4O3. The van der Waals surface area contributed by atoms with Gasteiger partial charge < -0.3 is 9.47 Å². The van der Waals surface area contributed by atoms with Crippen LogP contribution < -0.4 is 14.8 Å². The molecule has 0 fully saturated rings. The smallest absolute Gasteiger partial charge is 0.249 e. The summed E-state index contributed by atoms with van der Waals surface area (Å²) in [4.78, 5) is 16.0. The minimum atomic E-state index is -0.0888. The van der Waals surface area contributed by atoms with E-state index in [1.165, 1.54) is 0 Å². The molecule has 2 N–H and O–H groups in total. The van der Waals surface area contributed by atoms with Crippen molar-refractivity contribution in [1.29, 1.82) is 0 Å². The van der Waals surface area contributed by atoms with Crippen LogP contribution in [-0.2, 0) is 4.79 Å². The molecule has 0 aliphatic carbocycles. The third-order valence-corrected chi connectivity index (χ3v) is 3.16. The standard InChI is InChI=1S/C15H20N4O3/c1-4-5-6-13(20)16-15-17-14(18-19-15)11-8-7-10(21-2)9-12(11)22-3/h7-9H,4-6H2,1-3H3,(H2,16,17,18,19,20). The molecule has 118 valence electrons. The number of hydrogen-bond donors (Lipinski definition) is 2. The highest BCUT2D eigenvalue weighted by Crippen LogP contribution is 2.31. The number of methoxy groups -OCH3 is 2. The topological polar surface area (TPSA) is 89.1 Å². The number of aromatic nitrogens is 3. The number of hydrogen-bond acceptors (Lipinski definition) is 5. The first-order chi connectivity index (χ1) is 10.7. The third-order valence-electron chi connectivity index (χ3n) is 3.16. The van der Waals surface area contributed by atoms with Crippen LogP contribution in [-0.4, -0.2) is 35.3 Å². The van der Waals surface area contributed by atoms with Gasteiger partial charge in [-0.1, -0.05) is 13.3 Å². The van der Waals surface area contributed by atoms with Crippen molar-refractivity contribution in [3.8, 4) is 22.9 Å². The van der Waals surface area contributed by atoms with Gasteiger partial charge in [-0.3, -0.25) is 15.2 Å². The zero-order chi connectivity index (χ0) is 15.9. The molecule has 2 rings (SSSR count). The second-order valence-electron chi connectivity index (χ2n) is 4.73. The first-order valence-corrected chi connectivity index (χ1v) is 7.12. The number of carbonyl (C=O) groups excluding carboxylic acids is 1. The summed E-state index contributed by atoms with van der Waals surface area (Å²) in [6.07, 6.45) is 2.28. The molecule has 2 aromatic rings. The summed E-state index contributed by atoms with van der Waals surface area (Å²) in [5, 5.41) is 9.47. The molecule has 7 heteroatoms. The Kier molecular flexibility index (Phi) is 5.35. The molecule has 1 amide bonds. The molecule has 0 saturated heterocycles. The highest BCUT2D eigenvalue weighted by atomic mass is 16.5. The number of anilines is 1. The maximum atomic E-state index is 11.7. The van der Waals surface area contributed by atoms with E-state index in [9.17, 15) is 4.79 Å². The molecule has 0 unspecified atom stereocenters. The Labute approximate surface area is 129 Å². The van der Waals surface area contributed by atoms with Crippen LogP contribution in [0.15, 0.2) is 18.2 Å². The second-order valence-corrected chi connectivity index (χ2v) is 4.73. The van der Waals surface area contributed by atoms with E-state index in [1.54, 1.807) is 26.4 Å². The molecule has 22 heavy (non-hydrogen) atoms. The van der Waals surface area contributed by atoms with Crippen molar-refractivity contribution in [2.45, 2.75) is 26.2 Å². The first kappa shape index (κ1) is 15.8. The number of aromatic amines is 1. The van der Waals surface area contributed by atoms with Gasteiger partial charge in [-0.15, -0.1) is 5.10 Å². The average Bonchev–Trinajstić information content (AvgIpc) is 3.00.